The standard InChI is InChI=1S/C17H20FNO3S/c1-9(2)17(4,8-14(20)21)19-16(22)15-10(3)12-6-5-11(18)7-13(12)23-15/h5-7,9H,8H2,1-4H3,(H,19,22)(H,20,21). The maximum Gasteiger partial charge on any atom is 0.305 e. The number of rotatable bonds is 5. The molecule has 23 heavy (non-hydrogen) atoms. The number of carboxylic acids is 1. The van der Waals surface area contributed by atoms with Gasteiger partial charge in [0.25, 0.3) is 5.91 Å². The summed E-state index contributed by atoms with van der Waals surface area (Å²) in [5.41, 5.74) is -0.0690. The van der Waals surface area contributed by atoms with E-state index in [1.165, 1.54) is 23.5 Å². The second kappa shape index (κ2) is 6.28. The Labute approximate surface area is 138 Å². The van der Waals surface area contributed by atoms with Crippen LogP contribution in [0.2, 0.25) is 0 Å². The van der Waals surface area contributed by atoms with Gasteiger partial charge in [-0.1, -0.05) is 19.9 Å². The molecule has 1 atom stereocenters. The largest absolute Gasteiger partial charge is 0.481 e. The minimum absolute atomic E-state index is 0.0466. The minimum atomic E-state index is -0.961. The Kier molecular flexibility index (Phi) is 4.75. The Morgan fingerprint density at radius 1 is 1.39 bits per heavy atom. The van der Waals surface area contributed by atoms with Gasteiger partial charge in [0.1, 0.15) is 5.82 Å². The molecule has 0 aliphatic carbocycles. The molecule has 0 spiro atoms. The molecule has 1 unspecified atom stereocenters. The number of carboxylic acid groups (broad SMARTS) is 1. The van der Waals surface area contributed by atoms with Gasteiger partial charge >= 0.3 is 5.97 Å². The van der Waals surface area contributed by atoms with Gasteiger partial charge in [-0.05, 0) is 42.8 Å². The van der Waals surface area contributed by atoms with Gasteiger partial charge < -0.3 is 10.4 Å². The van der Waals surface area contributed by atoms with Crippen molar-refractivity contribution in [3.05, 3.63) is 34.5 Å². The lowest BCUT2D eigenvalue weighted by Crippen LogP contribution is -2.51. The molecule has 0 aliphatic rings. The number of carbonyl (C=O) groups excluding carboxylic acids is 1. The lowest BCUT2D eigenvalue weighted by atomic mass is 9.85. The SMILES string of the molecule is Cc1c(C(=O)NC(C)(CC(=O)O)C(C)C)sc2cc(F)ccc12. The first-order valence-corrected chi connectivity index (χ1v) is 8.18. The van der Waals surface area contributed by atoms with Crippen LogP contribution in [0.3, 0.4) is 0 Å². The fourth-order valence-corrected chi connectivity index (χ4v) is 3.57. The van der Waals surface area contributed by atoms with E-state index in [2.05, 4.69) is 5.32 Å². The monoisotopic (exact) mass is 337 g/mol. The van der Waals surface area contributed by atoms with Crippen molar-refractivity contribution < 1.29 is 19.1 Å². The van der Waals surface area contributed by atoms with Gasteiger partial charge in [0.15, 0.2) is 0 Å². The predicted octanol–water partition coefficient (Wildman–Crippen LogP) is 3.97. The Bertz CT molecular complexity index is 769. The number of aryl methyl sites for hydroxylation is 1. The quantitative estimate of drug-likeness (QED) is 0.867. The molecule has 0 aliphatic heterocycles. The van der Waals surface area contributed by atoms with E-state index in [4.69, 9.17) is 5.11 Å². The van der Waals surface area contributed by atoms with Crippen molar-refractivity contribution in [1.82, 2.24) is 5.32 Å². The molecule has 6 heteroatoms. The number of aliphatic carboxylic acids is 1. The Morgan fingerprint density at radius 2 is 2.04 bits per heavy atom. The molecule has 1 heterocycles. The van der Waals surface area contributed by atoms with Gasteiger partial charge in [-0.25, -0.2) is 4.39 Å². The van der Waals surface area contributed by atoms with Gasteiger partial charge in [-0.3, -0.25) is 9.59 Å². The second-order valence-corrected chi connectivity index (χ2v) is 7.35. The average molecular weight is 337 g/mol. The molecule has 1 aromatic heterocycles. The lowest BCUT2D eigenvalue weighted by Gasteiger charge is -2.33. The summed E-state index contributed by atoms with van der Waals surface area (Å²) in [4.78, 5) is 24.2. The fourth-order valence-electron chi connectivity index (χ4n) is 2.44. The Hall–Kier alpha value is -1.95. The molecule has 0 saturated heterocycles. The number of benzene rings is 1. The van der Waals surface area contributed by atoms with Crippen molar-refractivity contribution in [1.29, 1.82) is 0 Å². The van der Waals surface area contributed by atoms with E-state index in [1.54, 1.807) is 13.0 Å². The number of carbonyl (C=O) groups is 2. The summed E-state index contributed by atoms with van der Waals surface area (Å²) >= 11 is 1.22. The number of fused-ring (bicyclic) bond motifs is 1. The summed E-state index contributed by atoms with van der Waals surface area (Å²) in [5.74, 6) is -1.67. The molecule has 1 amide bonds. The summed E-state index contributed by atoms with van der Waals surface area (Å²) < 4.78 is 14.0. The van der Waals surface area contributed by atoms with Crippen molar-refractivity contribution in [2.45, 2.75) is 39.7 Å². The first kappa shape index (κ1) is 17.4. The van der Waals surface area contributed by atoms with Crippen molar-refractivity contribution in [2.24, 2.45) is 5.92 Å². The number of halogens is 1. The van der Waals surface area contributed by atoms with Gasteiger partial charge in [0.2, 0.25) is 0 Å². The summed E-state index contributed by atoms with van der Waals surface area (Å²) in [7, 11) is 0. The maximum atomic E-state index is 13.3. The molecule has 0 fully saturated rings. The van der Waals surface area contributed by atoms with E-state index in [-0.39, 0.29) is 24.1 Å². The topological polar surface area (TPSA) is 66.4 Å². The highest BCUT2D eigenvalue weighted by Crippen LogP contribution is 2.32. The van der Waals surface area contributed by atoms with Gasteiger partial charge in [0.05, 0.1) is 16.8 Å². The maximum absolute atomic E-state index is 13.3. The second-order valence-electron chi connectivity index (χ2n) is 6.29. The smallest absolute Gasteiger partial charge is 0.305 e. The van der Waals surface area contributed by atoms with E-state index >= 15 is 0 Å². The van der Waals surface area contributed by atoms with E-state index in [0.29, 0.717) is 9.58 Å². The summed E-state index contributed by atoms with van der Waals surface area (Å²) in [5, 5.41) is 12.8. The Morgan fingerprint density at radius 3 is 2.61 bits per heavy atom. The molecule has 4 nitrogen and oxygen atoms in total. The molecular formula is C17H20FNO3S. The van der Waals surface area contributed by atoms with Crippen LogP contribution in [-0.4, -0.2) is 22.5 Å². The van der Waals surface area contributed by atoms with E-state index in [9.17, 15) is 14.0 Å². The van der Waals surface area contributed by atoms with Crippen LogP contribution in [0, 0.1) is 18.7 Å². The van der Waals surface area contributed by atoms with Crippen molar-refractivity contribution in [3.63, 3.8) is 0 Å². The first-order valence-electron chi connectivity index (χ1n) is 7.37. The summed E-state index contributed by atoms with van der Waals surface area (Å²) in [6.07, 6.45) is -0.158. The molecular weight excluding hydrogens is 317 g/mol. The molecule has 124 valence electrons. The van der Waals surface area contributed by atoms with E-state index < -0.39 is 11.5 Å². The zero-order valence-electron chi connectivity index (χ0n) is 13.6. The normalized spacial score (nSPS) is 14.0. The highest BCUT2D eigenvalue weighted by Gasteiger charge is 2.34. The van der Waals surface area contributed by atoms with Crippen LogP contribution in [0.4, 0.5) is 4.39 Å². The van der Waals surface area contributed by atoms with E-state index in [1.807, 2.05) is 20.8 Å². The summed E-state index contributed by atoms with van der Waals surface area (Å²) in [6, 6.07) is 4.43. The molecule has 2 aromatic rings. The number of thiophene rings is 1. The first-order chi connectivity index (χ1) is 10.6. The third-order valence-electron chi connectivity index (χ3n) is 4.30. The lowest BCUT2D eigenvalue weighted by molar-refractivity contribution is -0.138. The van der Waals surface area contributed by atoms with Gasteiger partial charge in [-0.15, -0.1) is 11.3 Å². The van der Waals surface area contributed by atoms with Crippen molar-refractivity contribution in [3.8, 4) is 0 Å². The predicted molar refractivity (Wildman–Crippen MR) is 89.5 cm³/mol. The summed E-state index contributed by atoms with van der Waals surface area (Å²) in [6.45, 7) is 7.29. The number of hydrogen-bond acceptors (Lipinski definition) is 3. The molecule has 2 N–H and O–H groups in total. The van der Waals surface area contributed by atoms with Crippen molar-refractivity contribution in [2.75, 3.05) is 0 Å². The highest BCUT2D eigenvalue weighted by molar-refractivity contribution is 7.21. The van der Waals surface area contributed by atoms with Crippen LogP contribution in [-0.2, 0) is 4.79 Å². The molecule has 0 saturated carbocycles. The molecule has 1 aromatic carbocycles. The zero-order chi connectivity index (χ0) is 17.4. The highest BCUT2D eigenvalue weighted by atomic mass is 32.1. The number of hydrogen-bond donors (Lipinski definition) is 2. The van der Waals surface area contributed by atoms with Crippen LogP contribution in [0.15, 0.2) is 18.2 Å². The van der Waals surface area contributed by atoms with Crippen LogP contribution in [0.5, 0.6) is 0 Å². The van der Waals surface area contributed by atoms with Crippen LogP contribution in [0.25, 0.3) is 10.1 Å². The van der Waals surface area contributed by atoms with Crippen LogP contribution < -0.4 is 5.32 Å². The van der Waals surface area contributed by atoms with Gasteiger partial charge in [-0.2, -0.15) is 0 Å². The zero-order valence-corrected chi connectivity index (χ0v) is 14.4. The third kappa shape index (κ3) is 3.52. The van der Waals surface area contributed by atoms with Crippen molar-refractivity contribution >= 4 is 33.3 Å². The third-order valence-corrected chi connectivity index (χ3v) is 5.55. The van der Waals surface area contributed by atoms with Gasteiger partial charge in [0, 0.05) is 4.70 Å². The molecule has 0 bridgehead atoms. The van der Waals surface area contributed by atoms with Crippen LogP contribution in [0.1, 0.15) is 42.4 Å². The van der Waals surface area contributed by atoms with Crippen LogP contribution >= 0.6 is 11.3 Å². The fraction of sp³-hybridized carbons (Fsp3) is 0.412. The minimum Gasteiger partial charge on any atom is -0.481 e. The average Bonchev–Trinajstić information content (AvgIpc) is 2.74. The number of amides is 1. The Balaban J connectivity index is 2.36. The van der Waals surface area contributed by atoms with E-state index in [0.717, 1.165) is 10.9 Å². The number of nitrogens with one attached hydrogen (secondary N) is 1. The molecule has 0 radical (unpaired) electrons. The molecule has 2 rings (SSSR count).